The smallest absolute Gasteiger partial charge is 0.334 e. The van der Waals surface area contributed by atoms with Gasteiger partial charge >= 0.3 is 6.03 Å². The number of carbonyl (C=O) groups excluding carboxylic acids is 4. The van der Waals surface area contributed by atoms with Crippen LogP contribution in [0.4, 0.5) is 16.3 Å². The molecule has 5 amide bonds. The number of morpholine rings is 1. The number of aromatic nitrogens is 2. The number of aromatic hydroxyl groups is 1. The van der Waals surface area contributed by atoms with Gasteiger partial charge in [-0.3, -0.25) is 19.3 Å². The monoisotopic (exact) mass is 840 g/mol. The molecule has 3 saturated heterocycles. The summed E-state index contributed by atoms with van der Waals surface area (Å²) in [6.07, 6.45) is 4.36. The van der Waals surface area contributed by atoms with Crippen LogP contribution in [0.1, 0.15) is 27.0 Å². The van der Waals surface area contributed by atoms with E-state index in [1.165, 1.54) is 0 Å². The van der Waals surface area contributed by atoms with Crippen molar-refractivity contribution in [2.75, 3.05) is 69.7 Å². The number of pyridine rings is 1. The van der Waals surface area contributed by atoms with E-state index in [9.17, 15) is 24.3 Å². The summed E-state index contributed by atoms with van der Waals surface area (Å²) in [4.78, 5) is 66.9. The molecule has 0 unspecified atom stereocenters. The first-order chi connectivity index (χ1) is 30.2. The van der Waals surface area contributed by atoms with Crippen molar-refractivity contribution >= 4 is 46.2 Å². The molecular formula is C46H52N10O6. The van der Waals surface area contributed by atoms with Crippen LogP contribution in [0, 0.1) is 0 Å². The van der Waals surface area contributed by atoms with E-state index in [4.69, 9.17) is 4.74 Å². The van der Waals surface area contributed by atoms with E-state index in [2.05, 4.69) is 32.4 Å². The number of anilines is 2. The standard InChI is InChI=1S/C46H52N10O6/c1-3-19-54-31-42(58)55-39(25-32-12-15-36(57)16-13-32)45(60)53(30-41(55)56(54)46(61)49-26-33-8-5-4-6-9-33)28-34-10-7-11-37-38(29-51(2)43(34)37)44(59)50-35-14-17-40(48-27-35)47-18-20-52-21-23-62-24-22-52/h3-17,27,29,39,41,57H,1,18-26,28,30-31H2,2H3,(H,47,48)(H,49,61)(H,50,59)/t39-,41-/m0/s1. The molecule has 3 aromatic carbocycles. The van der Waals surface area contributed by atoms with Crippen LogP contribution in [-0.2, 0) is 40.9 Å². The normalized spacial score (nSPS) is 18.4. The van der Waals surface area contributed by atoms with Crippen molar-refractivity contribution in [3.63, 3.8) is 0 Å². The number of nitrogens with zero attached hydrogens (tertiary/aromatic N) is 7. The predicted molar refractivity (Wildman–Crippen MR) is 235 cm³/mol. The zero-order chi connectivity index (χ0) is 43.2. The summed E-state index contributed by atoms with van der Waals surface area (Å²) in [6.45, 7) is 9.38. The first-order valence-corrected chi connectivity index (χ1v) is 20.9. The molecule has 322 valence electrons. The summed E-state index contributed by atoms with van der Waals surface area (Å²) >= 11 is 0. The molecule has 3 aliphatic rings. The van der Waals surface area contributed by atoms with Crippen LogP contribution in [0.3, 0.4) is 0 Å². The van der Waals surface area contributed by atoms with Gasteiger partial charge in [0.1, 0.15) is 23.8 Å². The molecule has 0 saturated carbocycles. The number of aryl methyl sites for hydroxylation is 1. The van der Waals surface area contributed by atoms with Crippen LogP contribution in [0.5, 0.6) is 5.75 Å². The number of fused-ring (bicyclic) bond motifs is 2. The molecule has 0 spiro atoms. The highest BCUT2D eigenvalue weighted by atomic mass is 16.5. The fourth-order valence-electron chi connectivity index (χ4n) is 8.56. The maximum atomic E-state index is 14.7. The van der Waals surface area contributed by atoms with E-state index in [-0.39, 0.29) is 62.6 Å². The molecule has 4 N–H and O–H groups in total. The zero-order valence-corrected chi connectivity index (χ0v) is 34.8. The van der Waals surface area contributed by atoms with Crippen LogP contribution >= 0.6 is 0 Å². The van der Waals surface area contributed by atoms with Crippen LogP contribution in [0.2, 0.25) is 0 Å². The van der Waals surface area contributed by atoms with Gasteiger partial charge in [-0.2, -0.15) is 0 Å². The van der Waals surface area contributed by atoms with Crippen LogP contribution < -0.4 is 16.0 Å². The first kappa shape index (κ1) is 42.0. The zero-order valence-electron chi connectivity index (χ0n) is 34.8. The molecule has 0 bridgehead atoms. The van der Waals surface area contributed by atoms with E-state index in [0.717, 1.165) is 61.6 Å². The number of nitrogens with one attached hydrogen (secondary N) is 3. The van der Waals surface area contributed by atoms with Gasteiger partial charge in [0.2, 0.25) is 11.8 Å². The minimum atomic E-state index is -0.949. The number of phenolic OH excluding ortho intramolecular Hbond substituents is 1. The molecular weight excluding hydrogens is 789 g/mol. The number of hydrogen-bond acceptors (Lipinski definition) is 10. The maximum absolute atomic E-state index is 14.7. The Morgan fingerprint density at radius 1 is 0.968 bits per heavy atom. The van der Waals surface area contributed by atoms with E-state index in [1.54, 1.807) is 62.6 Å². The largest absolute Gasteiger partial charge is 0.508 e. The Bertz CT molecular complexity index is 2400. The second-order valence-electron chi connectivity index (χ2n) is 15.7. The average Bonchev–Trinajstić information content (AvgIpc) is 3.63. The third-order valence-electron chi connectivity index (χ3n) is 11.6. The molecule has 16 heteroatoms. The average molecular weight is 841 g/mol. The molecule has 5 aromatic rings. The Hall–Kier alpha value is -6.75. The molecule has 8 rings (SSSR count). The quantitative estimate of drug-likeness (QED) is 0.120. The number of amides is 5. The van der Waals surface area contributed by atoms with Crippen molar-refractivity contribution < 1.29 is 29.0 Å². The number of ether oxygens (including phenoxy) is 1. The second-order valence-corrected chi connectivity index (χ2v) is 15.7. The second kappa shape index (κ2) is 18.9. The Balaban J connectivity index is 1.04. The summed E-state index contributed by atoms with van der Waals surface area (Å²) in [6, 6.07) is 24.1. The number of carbonyl (C=O) groups is 4. The number of phenols is 1. The molecule has 2 atom stereocenters. The summed E-state index contributed by atoms with van der Waals surface area (Å²) in [5, 5.41) is 23.3. The van der Waals surface area contributed by atoms with E-state index < -0.39 is 18.2 Å². The highest BCUT2D eigenvalue weighted by Gasteiger charge is 2.51. The van der Waals surface area contributed by atoms with Gasteiger partial charge in [0, 0.05) is 70.9 Å². The number of hydrogen-bond donors (Lipinski definition) is 4. The highest BCUT2D eigenvalue weighted by Crippen LogP contribution is 2.32. The predicted octanol–water partition coefficient (Wildman–Crippen LogP) is 4.01. The van der Waals surface area contributed by atoms with Gasteiger partial charge in [-0.1, -0.05) is 66.7 Å². The topological polar surface area (TPSA) is 168 Å². The fraction of sp³-hybridized carbons (Fsp3) is 0.326. The summed E-state index contributed by atoms with van der Waals surface area (Å²) in [5.74, 6) is -0.0685. The molecule has 0 radical (unpaired) electrons. The molecule has 16 nitrogen and oxygen atoms in total. The SMILES string of the molecule is C=CCN1CC(=O)N2[C@@H](Cc3ccc(O)cc3)C(=O)N(Cc3cccc4c(C(=O)Nc5ccc(NCCN6CCOCC6)nc5)cn(C)c34)C[C@@H]2N1C(=O)NCc1ccccc1. The fourth-order valence-corrected chi connectivity index (χ4v) is 8.56. The van der Waals surface area contributed by atoms with Crippen molar-refractivity contribution in [1.29, 1.82) is 0 Å². The van der Waals surface area contributed by atoms with Crippen LogP contribution in [-0.4, -0.2) is 134 Å². The van der Waals surface area contributed by atoms with Crippen molar-refractivity contribution in [1.82, 2.24) is 39.6 Å². The molecule has 5 heterocycles. The number of benzene rings is 3. The summed E-state index contributed by atoms with van der Waals surface area (Å²) < 4.78 is 7.31. The van der Waals surface area contributed by atoms with Gasteiger partial charge < -0.3 is 40.2 Å². The number of piperazine rings is 1. The highest BCUT2D eigenvalue weighted by molar-refractivity contribution is 6.13. The van der Waals surface area contributed by atoms with Crippen molar-refractivity contribution in [2.24, 2.45) is 7.05 Å². The third kappa shape index (κ3) is 9.27. The molecule has 2 aromatic heterocycles. The lowest BCUT2D eigenvalue weighted by atomic mass is 9.98. The van der Waals surface area contributed by atoms with E-state index in [0.29, 0.717) is 22.5 Å². The van der Waals surface area contributed by atoms with Gasteiger partial charge in [-0.05, 0) is 41.0 Å². The molecule has 62 heavy (non-hydrogen) atoms. The molecule has 3 aliphatic heterocycles. The number of para-hydroxylation sites is 1. The van der Waals surface area contributed by atoms with Gasteiger partial charge in [-0.25, -0.2) is 19.8 Å². The minimum Gasteiger partial charge on any atom is -0.508 e. The lowest BCUT2D eigenvalue weighted by Gasteiger charge is -2.55. The third-order valence-corrected chi connectivity index (χ3v) is 11.6. The van der Waals surface area contributed by atoms with Crippen molar-refractivity contribution in [2.45, 2.75) is 31.7 Å². The number of hydrazine groups is 1. The lowest BCUT2D eigenvalue weighted by Crippen LogP contribution is -2.76. The van der Waals surface area contributed by atoms with Crippen molar-refractivity contribution in [3.05, 3.63) is 132 Å². The molecule has 3 fully saturated rings. The van der Waals surface area contributed by atoms with Gasteiger partial charge in [0.15, 0.2) is 0 Å². The lowest BCUT2D eigenvalue weighted by molar-refractivity contribution is -0.189. The van der Waals surface area contributed by atoms with Crippen molar-refractivity contribution in [3.8, 4) is 5.75 Å². The Morgan fingerprint density at radius 2 is 1.76 bits per heavy atom. The summed E-state index contributed by atoms with van der Waals surface area (Å²) in [5.41, 5.74) is 4.22. The maximum Gasteiger partial charge on any atom is 0.334 e. The number of urea groups is 1. The minimum absolute atomic E-state index is 0.0300. The summed E-state index contributed by atoms with van der Waals surface area (Å²) in [7, 11) is 1.86. The first-order valence-electron chi connectivity index (χ1n) is 20.9. The Labute approximate surface area is 360 Å². The Morgan fingerprint density at radius 3 is 2.50 bits per heavy atom. The van der Waals surface area contributed by atoms with Crippen LogP contribution in [0.25, 0.3) is 10.9 Å². The van der Waals surface area contributed by atoms with E-state index in [1.807, 2.05) is 72.3 Å². The van der Waals surface area contributed by atoms with Gasteiger partial charge in [0.05, 0.1) is 49.3 Å². The Kier molecular flexibility index (Phi) is 12.8. The van der Waals surface area contributed by atoms with Gasteiger partial charge in [-0.15, -0.1) is 6.58 Å². The van der Waals surface area contributed by atoms with E-state index >= 15 is 0 Å². The molecule has 0 aliphatic carbocycles. The number of rotatable bonds is 14. The van der Waals surface area contributed by atoms with Crippen LogP contribution in [0.15, 0.2) is 110 Å². The van der Waals surface area contributed by atoms with Gasteiger partial charge in [0.25, 0.3) is 5.91 Å².